The molecule has 5 nitrogen and oxygen atoms in total. The van der Waals surface area contributed by atoms with Crippen molar-refractivity contribution in [1.82, 2.24) is 19.6 Å². The third-order valence-corrected chi connectivity index (χ3v) is 5.36. The summed E-state index contributed by atoms with van der Waals surface area (Å²) in [5.74, 6) is -0.267. The van der Waals surface area contributed by atoms with Crippen LogP contribution in [0, 0.1) is 5.82 Å². The van der Waals surface area contributed by atoms with Crippen LogP contribution in [0.3, 0.4) is 0 Å². The molecule has 0 amide bonds. The van der Waals surface area contributed by atoms with Crippen LogP contribution in [-0.4, -0.2) is 45.8 Å². The number of piperazine rings is 1. The summed E-state index contributed by atoms with van der Waals surface area (Å²) in [7, 11) is 0. The highest BCUT2D eigenvalue weighted by molar-refractivity contribution is 6.31. The number of aromatic nitrogens is 2. The molecule has 0 atom stereocenters. The van der Waals surface area contributed by atoms with Crippen LogP contribution in [0.15, 0.2) is 53.5 Å². The molecule has 0 spiro atoms. The molecule has 2 heterocycles. The minimum absolute atomic E-state index is 0.0753. The molecule has 1 aliphatic heterocycles. The van der Waals surface area contributed by atoms with Gasteiger partial charge in [-0.05, 0) is 18.2 Å². The van der Waals surface area contributed by atoms with E-state index in [2.05, 4.69) is 14.9 Å². The highest BCUT2D eigenvalue weighted by Crippen LogP contribution is 2.21. The fourth-order valence-corrected chi connectivity index (χ4v) is 3.64. The Bertz CT molecular complexity index is 994. The minimum Gasteiger partial charge on any atom is -0.296 e. The zero-order valence-electron chi connectivity index (χ0n) is 14.8. The number of rotatable bonds is 4. The van der Waals surface area contributed by atoms with Crippen molar-refractivity contribution >= 4 is 22.4 Å². The lowest BCUT2D eigenvalue weighted by Crippen LogP contribution is -2.47. The average Bonchev–Trinajstić information content (AvgIpc) is 2.68. The third kappa shape index (κ3) is 3.88. The summed E-state index contributed by atoms with van der Waals surface area (Å²) < 4.78 is 15.5. The molecule has 0 unspecified atom stereocenters. The van der Waals surface area contributed by atoms with Crippen molar-refractivity contribution < 1.29 is 4.39 Å². The van der Waals surface area contributed by atoms with Crippen molar-refractivity contribution in [3.63, 3.8) is 0 Å². The molecule has 1 saturated heterocycles. The molecule has 0 saturated carbocycles. The average molecular weight is 387 g/mol. The lowest BCUT2D eigenvalue weighted by molar-refractivity contribution is 0.0965. The molecule has 27 heavy (non-hydrogen) atoms. The van der Waals surface area contributed by atoms with Gasteiger partial charge in [0.05, 0.1) is 18.3 Å². The first-order chi connectivity index (χ1) is 13.1. The van der Waals surface area contributed by atoms with Gasteiger partial charge in [0.25, 0.3) is 5.56 Å². The first-order valence-electron chi connectivity index (χ1n) is 8.94. The van der Waals surface area contributed by atoms with Gasteiger partial charge in [0.1, 0.15) is 5.82 Å². The van der Waals surface area contributed by atoms with Gasteiger partial charge in [-0.1, -0.05) is 35.9 Å². The Morgan fingerprint density at radius 2 is 1.74 bits per heavy atom. The van der Waals surface area contributed by atoms with Gasteiger partial charge in [-0.3, -0.25) is 14.6 Å². The van der Waals surface area contributed by atoms with Crippen LogP contribution in [0.25, 0.3) is 10.8 Å². The zero-order valence-corrected chi connectivity index (χ0v) is 15.6. The van der Waals surface area contributed by atoms with E-state index in [1.807, 2.05) is 24.3 Å². The molecule has 2 aromatic carbocycles. The summed E-state index contributed by atoms with van der Waals surface area (Å²) in [6, 6.07) is 12.2. The van der Waals surface area contributed by atoms with E-state index < -0.39 is 0 Å². The number of benzene rings is 2. The molecule has 0 bridgehead atoms. The summed E-state index contributed by atoms with van der Waals surface area (Å²) in [5, 5.41) is 6.29. The lowest BCUT2D eigenvalue weighted by atomic mass is 10.2. The number of halogens is 2. The predicted octanol–water partition coefficient (Wildman–Crippen LogP) is 2.96. The van der Waals surface area contributed by atoms with Gasteiger partial charge < -0.3 is 0 Å². The van der Waals surface area contributed by atoms with Crippen LogP contribution in [0.5, 0.6) is 0 Å². The number of hydrogen-bond donors (Lipinski definition) is 0. The van der Waals surface area contributed by atoms with E-state index in [1.54, 1.807) is 18.3 Å². The second-order valence-electron chi connectivity index (χ2n) is 6.77. The van der Waals surface area contributed by atoms with Gasteiger partial charge in [0.15, 0.2) is 0 Å². The van der Waals surface area contributed by atoms with Crippen molar-refractivity contribution in [2.75, 3.05) is 26.2 Å². The Morgan fingerprint density at radius 1 is 1.00 bits per heavy atom. The van der Waals surface area contributed by atoms with E-state index in [0.717, 1.165) is 31.6 Å². The second kappa shape index (κ2) is 7.76. The molecule has 0 radical (unpaired) electrons. The maximum absolute atomic E-state index is 14.0. The Labute approximate surface area is 161 Å². The van der Waals surface area contributed by atoms with Crippen LogP contribution in [0.4, 0.5) is 4.39 Å². The maximum atomic E-state index is 14.0. The first-order valence-corrected chi connectivity index (χ1v) is 9.32. The third-order valence-electron chi connectivity index (χ3n) is 5.00. The van der Waals surface area contributed by atoms with Crippen molar-refractivity contribution in [3.8, 4) is 0 Å². The predicted molar refractivity (Wildman–Crippen MR) is 104 cm³/mol. The highest BCUT2D eigenvalue weighted by Gasteiger charge is 2.20. The molecular formula is C20H20ClFN4O. The van der Waals surface area contributed by atoms with Crippen LogP contribution >= 0.6 is 11.6 Å². The molecule has 1 aromatic heterocycles. The summed E-state index contributed by atoms with van der Waals surface area (Å²) in [5.41, 5.74) is 0.466. The SMILES string of the molecule is O=c1c2ccccc2cnn1CN1CCN(Cc2c(F)cccc2Cl)CC1. The van der Waals surface area contributed by atoms with E-state index in [9.17, 15) is 9.18 Å². The van der Waals surface area contributed by atoms with Gasteiger partial charge in [0, 0.05) is 48.7 Å². The number of hydrogen-bond acceptors (Lipinski definition) is 4. The fraction of sp³-hybridized carbons (Fsp3) is 0.300. The molecule has 7 heteroatoms. The van der Waals surface area contributed by atoms with Crippen LogP contribution in [-0.2, 0) is 13.2 Å². The zero-order chi connectivity index (χ0) is 18.8. The summed E-state index contributed by atoms with van der Waals surface area (Å²) >= 11 is 6.13. The monoisotopic (exact) mass is 386 g/mol. The normalized spacial score (nSPS) is 16.1. The van der Waals surface area contributed by atoms with Gasteiger partial charge in [-0.25, -0.2) is 9.07 Å². The van der Waals surface area contributed by atoms with Crippen molar-refractivity contribution in [2.45, 2.75) is 13.2 Å². The van der Waals surface area contributed by atoms with Crippen LogP contribution in [0.2, 0.25) is 5.02 Å². The minimum atomic E-state index is -0.267. The molecular weight excluding hydrogens is 367 g/mol. The largest absolute Gasteiger partial charge is 0.296 e. The van der Waals surface area contributed by atoms with E-state index in [4.69, 9.17) is 11.6 Å². The Kier molecular flexibility index (Phi) is 5.20. The quantitative estimate of drug-likeness (QED) is 0.691. The summed E-state index contributed by atoms with van der Waals surface area (Å²) in [6.07, 6.45) is 1.73. The molecule has 4 rings (SSSR count). The van der Waals surface area contributed by atoms with E-state index >= 15 is 0 Å². The lowest BCUT2D eigenvalue weighted by Gasteiger charge is -2.34. The van der Waals surface area contributed by atoms with E-state index in [0.29, 0.717) is 29.2 Å². The topological polar surface area (TPSA) is 41.4 Å². The summed E-state index contributed by atoms with van der Waals surface area (Å²) in [4.78, 5) is 17.0. The molecule has 0 aliphatic carbocycles. The van der Waals surface area contributed by atoms with E-state index in [-0.39, 0.29) is 11.4 Å². The van der Waals surface area contributed by atoms with Crippen LogP contribution in [0.1, 0.15) is 5.56 Å². The van der Waals surface area contributed by atoms with Gasteiger partial charge >= 0.3 is 0 Å². The number of nitrogens with zero attached hydrogens (tertiary/aromatic N) is 4. The molecule has 1 fully saturated rings. The van der Waals surface area contributed by atoms with Gasteiger partial charge in [-0.15, -0.1) is 0 Å². The maximum Gasteiger partial charge on any atom is 0.275 e. The molecule has 1 aliphatic rings. The van der Waals surface area contributed by atoms with Crippen molar-refractivity contribution in [1.29, 1.82) is 0 Å². The second-order valence-corrected chi connectivity index (χ2v) is 7.18. The molecule has 0 N–H and O–H groups in total. The number of fused-ring (bicyclic) bond motifs is 1. The fourth-order valence-electron chi connectivity index (χ4n) is 3.41. The molecule has 140 valence electrons. The van der Waals surface area contributed by atoms with Crippen LogP contribution < -0.4 is 5.56 Å². The van der Waals surface area contributed by atoms with Crippen molar-refractivity contribution in [3.05, 3.63) is 75.4 Å². The van der Waals surface area contributed by atoms with E-state index in [1.165, 1.54) is 10.7 Å². The first kappa shape index (κ1) is 18.1. The Balaban J connectivity index is 1.40. The Hall–Kier alpha value is -2.28. The van der Waals surface area contributed by atoms with Crippen molar-refractivity contribution in [2.24, 2.45) is 0 Å². The highest BCUT2D eigenvalue weighted by atomic mass is 35.5. The van der Waals surface area contributed by atoms with Gasteiger partial charge in [0.2, 0.25) is 0 Å². The van der Waals surface area contributed by atoms with Gasteiger partial charge in [-0.2, -0.15) is 5.10 Å². The smallest absolute Gasteiger partial charge is 0.275 e. The summed E-state index contributed by atoms with van der Waals surface area (Å²) in [6.45, 7) is 4.09. The molecule has 3 aromatic rings. The standard InChI is InChI=1S/C20H20ClFN4O/c21-18-6-3-7-19(22)17(18)13-24-8-10-25(11-9-24)14-26-20(27)16-5-2-1-4-15(16)12-23-26/h1-7,12H,8-11,13-14H2. The Morgan fingerprint density at radius 3 is 2.52 bits per heavy atom.